The lowest BCUT2D eigenvalue weighted by molar-refractivity contribution is 0.233. The van der Waals surface area contributed by atoms with E-state index in [9.17, 15) is 10.5 Å². The summed E-state index contributed by atoms with van der Waals surface area (Å²) in [6, 6.07) is 56.7. The van der Waals surface area contributed by atoms with E-state index in [0.717, 1.165) is 22.2 Å². The second-order valence-corrected chi connectivity index (χ2v) is 22.2. The monoisotopic (exact) mass is 851 g/mol. The minimum absolute atomic E-state index is 0.000347. The number of aryl methyl sites for hydroxylation is 1. The molecule has 67 heavy (non-hydrogen) atoms. The standard InChI is InChI=1S/C64H41N3/c1-32-18-19-35-44-27-45-55-47(25-33(28-65)49-51-36-10-2-6-14-40(36)53(57(49)55)41-15-7-3-11-37(41)51)67-48-26-34(29-66)50-52-38-12-4-8-16-42(38)54(43-17-9-5-13-39(43)52)58(50)56(48)59(61(45)67)60(44)64-23-21-62(31-64)20-22-63(64,30-62)46(35)24-32/h2-19,24-27,51-54H,20-23,30-31H2,1H3. The van der Waals surface area contributed by atoms with E-state index in [4.69, 9.17) is 0 Å². The van der Waals surface area contributed by atoms with E-state index in [1.54, 1.807) is 11.1 Å². The van der Waals surface area contributed by atoms with E-state index in [-0.39, 0.29) is 34.5 Å². The number of aromatic nitrogens is 1. The molecule has 0 amide bonds. The third kappa shape index (κ3) is 3.46. The van der Waals surface area contributed by atoms with Gasteiger partial charge in [0, 0.05) is 56.0 Å². The van der Waals surface area contributed by atoms with Crippen molar-refractivity contribution in [3.63, 3.8) is 0 Å². The van der Waals surface area contributed by atoms with Crippen LogP contribution >= 0.6 is 0 Å². The molecular formula is C64H41N3. The van der Waals surface area contributed by atoms with Crippen LogP contribution in [0.1, 0.15) is 157 Å². The van der Waals surface area contributed by atoms with Gasteiger partial charge >= 0.3 is 0 Å². The van der Waals surface area contributed by atoms with Crippen molar-refractivity contribution in [1.82, 2.24) is 4.40 Å². The molecule has 3 nitrogen and oxygen atoms in total. The number of hydrogen-bond donors (Lipinski definition) is 0. The average Bonchev–Trinajstić information content (AvgIpc) is 4.17. The Balaban J connectivity index is 1.10. The quantitative estimate of drug-likeness (QED) is 0.153. The highest BCUT2D eigenvalue weighted by Crippen LogP contribution is 2.82. The summed E-state index contributed by atoms with van der Waals surface area (Å²) in [5.74, 6) is -0.0318. The second-order valence-electron chi connectivity index (χ2n) is 22.2. The van der Waals surface area contributed by atoms with Gasteiger partial charge < -0.3 is 4.40 Å². The van der Waals surface area contributed by atoms with Crippen LogP contribution in [0.2, 0.25) is 0 Å². The van der Waals surface area contributed by atoms with Crippen molar-refractivity contribution in [1.29, 1.82) is 10.5 Å². The molecule has 10 aliphatic carbocycles. The van der Waals surface area contributed by atoms with Gasteiger partial charge in [0.1, 0.15) is 0 Å². The van der Waals surface area contributed by atoms with Gasteiger partial charge in [0.2, 0.25) is 0 Å². The largest absolute Gasteiger partial charge is 0.308 e. The van der Waals surface area contributed by atoms with E-state index in [1.807, 2.05) is 0 Å². The maximum Gasteiger partial charge on any atom is 0.0995 e. The van der Waals surface area contributed by atoms with Gasteiger partial charge in [-0.3, -0.25) is 0 Å². The van der Waals surface area contributed by atoms with Gasteiger partial charge in [-0.05, 0) is 158 Å². The van der Waals surface area contributed by atoms with Crippen molar-refractivity contribution >= 4 is 38.1 Å². The minimum atomic E-state index is -0.0174. The summed E-state index contributed by atoms with van der Waals surface area (Å²) in [5, 5.41) is 28.3. The Morgan fingerprint density at radius 3 is 1.46 bits per heavy atom. The molecule has 3 fully saturated rings. The number of rotatable bonds is 0. The molecule has 3 saturated carbocycles. The summed E-state index contributed by atoms with van der Waals surface area (Å²) in [5.41, 5.74) is 28.9. The zero-order chi connectivity index (χ0) is 43.6. The molecule has 8 aromatic carbocycles. The van der Waals surface area contributed by atoms with E-state index in [1.165, 1.54) is 149 Å². The summed E-state index contributed by atoms with van der Waals surface area (Å²) in [4.78, 5) is 0. The van der Waals surface area contributed by atoms with Crippen LogP contribution in [0, 0.1) is 35.0 Å². The van der Waals surface area contributed by atoms with E-state index < -0.39 is 0 Å². The van der Waals surface area contributed by atoms with Gasteiger partial charge in [0.25, 0.3) is 0 Å². The maximum absolute atomic E-state index is 11.5. The zero-order valence-corrected chi connectivity index (χ0v) is 37.1. The molecule has 3 unspecified atom stereocenters. The van der Waals surface area contributed by atoms with Gasteiger partial charge in [-0.25, -0.2) is 0 Å². The molecule has 0 radical (unpaired) electrons. The molecule has 10 aliphatic rings. The normalized spacial score (nSPS) is 27.3. The molecule has 10 aromatic rings. The fourth-order valence-electron chi connectivity index (χ4n) is 18.2. The van der Waals surface area contributed by atoms with E-state index in [2.05, 4.69) is 157 Å². The third-order valence-electron chi connectivity index (χ3n) is 20.1. The first-order valence-corrected chi connectivity index (χ1v) is 24.7. The predicted molar refractivity (Wildman–Crippen MR) is 264 cm³/mol. The first-order chi connectivity index (χ1) is 33.0. The highest BCUT2D eigenvalue weighted by molar-refractivity contribution is 6.29. The number of fused-ring (bicyclic) bond motifs is 10. The van der Waals surface area contributed by atoms with Gasteiger partial charge in [0.15, 0.2) is 0 Å². The van der Waals surface area contributed by atoms with E-state index in [0.29, 0.717) is 5.41 Å². The summed E-state index contributed by atoms with van der Waals surface area (Å²) >= 11 is 0. The van der Waals surface area contributed by atoms with Crippen LogP contribution < -0.4 is 0 Å². The molecule has 3 spiro atoms. The molecule has 20 rings (SSSR count). The van der Waals surface area contributed by atoms with Gasteiger partial charge in [-0.15, -0.1) is 0 Å². The fraction of sp³-hybridized carbons (Fsp3) is 0.219. The Morgan fingerprint density at radius 1 is 0.478 bits per heavy atom. The van der Waals surface area contributed by atoms with Crippen LogP contribution in [0.5, 0.6) is 0 Å². The van der Waals surface area contributed by atoms with Crippen LogP contribution in [-0.4, -0.2) is 4.40 Å². The van der Waals surface area contributed by atoms with Gasteiger partial charge in [0.05, 0.1) is 39.8 Å². The summed E-state index contributed by atoms with van der Waals surface area (Å²) < 4.78 is 2.59. The van der Waals surface area contributed by atoms with Gasteiger partial charge in [-0.2, -0.15) is 10.5 Å². The first kappa shape index (κ1) is 34.8. The average molecular weight is 852 g/mol. The highest BCUT2D eigenvalue weighted by atomic mass is 14.9. The van der Waals surface area contributed by atoms with Crippen molar-refractivity contribution in [2.45, 2.75) is 80.0 Å². The van der Waals surface area contributed by atoms with Gasteiger partial charge in [-0.1, -0.05) is 121 Å². The molecule has 2 heterocycles. The molecule has 0 saturated heterocycles. The summed E-state index contributed by atoms with van der Waals surface area (Å²) in [6.07, 6.45) is 7.67. The van der Waals surface area contributed by atoms with Crippen molar-refractivity contribution in [2.75, 3.05) is 0 Å². The Kier molecular flexibility index (Phi) is 5.65. The Labute approximate surface area is 387 Å². The fourth-order valence-corrected chi connectivity index (χ4v) is 18.2. The lowest BCUT2D eigenvalue weighted by Crippen LogP contribution is -2.47. The molecule has 2 aromatic heterocycles. The van der Waals surface area contributed by atoms with Crippen LogP contribution in [-0.2, 0) is 10.8 Å². The van der Waals surface area contributed by atoms with Crippen molar-refractivity contribution in [3.8, 4) is 23.3 Å². The minimum Gasteiger partial charge on any atom is -0.308 e. The first-order valence-electron chi connectivity index (χ1n) is 24.7. The summed E-state index contributed by atoms with van der Waals surface area (Å²) in [7, 11) is 0. The number of nitriles is 2. The van der Waals surface area contributed by atoms with Crippen LogP contribution in [0.4, 0.5) is 0 Å². The lowest BCUT2D eigenvalue weighted by atomic mass is 9.51. The Bertz CT molecular complexity index is 4110. The maximum atomic E-state index is 11.5. The van der Waals surface area contributed by atoms with Crippen LogP contribution in [0.15, 0.2) is 133 Å². The van der Waals surface area contributed by atoms with Crippen LogP contribution in [0.25, 0.3) is 49.2 Å². The smallest absolute Gasteiger partial charge is 0.0995 e. The van der Waals surface area contributed by atoms with Crippen LogP contribution in [0.3, 0.4) is 0 Å². The molecule has 0 N–H and O–H groups in total. The Hall–Kier alpha value is -7.46. The van der Waals surface area contributed by atoms with E-state index >= 15 is 0 Å². The lowest BCUT2D eigenvalue weighted by Gasteiger charge is -2.52. The zero-order valence-electron chi connectivity index (χ0n) is 37.1. The molecule has 7 bridgehead atoms. The molecule has 312 valence electrons. The van der Waals surface area contributed by atoms with Crippen molar-refractivity contribution in [2.24, 2.45) is 5.41 Å². The number of benzene rings is 8. The highest BCUT2D eigenvalue weighted by Gasteiger charge is 2.74. The third-order valence-corrected chi connectivity index (χ3v) is 20.1. The molecule has 0 aliphatic heterocycles. The molecular weight excluding hydrogens is 811 g/mol. The predicted octanol–water partition coefficient (Wildman–Crippen LogP) is 14.4. The number of hydrogen-bond acceptors (Lipinski definition) is 2. The molecule has 3 atom stereocenters. The molecule has 3 heteroatoms. The Morgan fingerprint density at radius 2 is 0.940 bits per heavy atom. The van der Waals surface area contributed by atoms with Crippen molar-refractivity contribution < 1.29 is 0 Å². The number of nitrogens with zero attached hydrogens (tertiary/aromatic N) is 3. The van der Waals surface area contributed by atoms with Crippen molar-refractivity contribution in [3.05, 3.63) is 228 Å². The summed E-state index contributed by atoms with van der Waals surface area (Å²) in [6.45, 7) is 2.30. The SMILES string of the molecule is Cc1ccc2c(c1)C13CCC4(CCC1(C4)c1c-2cc2c4c5c(c(C#N)cc4n4c6cc(C#N)c7c(c6c1c24)C1c2ccccc2C7c2ccccc21)C1c2ccccc2C5c2ccccc21)C3. The topological polar surface area (TPSA) is 52.0 Å². The second kappa shape index (κ2) is 10.9.